The molecule has 6 heteroatoms. The van der Waals surface area contributed by atoms with E-state index in [0.29, 0.717) is 12.3 Å². The van der Waals surface area contributed by atoms with Crippen LogP contribution in [0.3, 0.4) is 0 Å². The van der Waals surface area contributed by atoms with Gasteiger partial charge in [-0.2, -0.15) is 0 Å². The normalized spacial score (nSPS) is 18.4. The number of nitrogens with zero attached hydrogens (tertiary/aromatic N) is 2. The molecule has 4 nitrogen and oxygen atoms in total. The summed E-state index contributed by atoms with van der Waals surface area (Å²) >= 11 is 1.71. The second-order valence-corrected chi connectivity index (χ2v) is 7.92. The number of benzene rings is 2. The first-order valence-corrected chi connectivity index (χ1v) is 9.98. The molecule has 0 saturated carbocycles. The number of likely N-dealkylation sites (tertiary alicyclic amines) is 1. The molecule has 0 spiro atoms. The van der Waals surface area contributed by atoms with Crippen molar-refractivity contribution in [1.29, 1.82) is 0 Å². The third kappa shape index (κ3) is 3.95. The van der Waals surface area contributed by atoms with Gasteiger partial charge in [0, 0.05) is 19.0 Å². The summed E-state index contributed by atoms with van der Waals surface area (Å²) in [5.41, 5.74) is 1.02. The van der Waals surface area contributed by atoms with E-state index in [1.807, 2.05) is 23.1 Å². The molecule has 1 fully saturated rings. The highest BCUT2D eigenvalue weighted by Crippen LogP contribution is 2.33. The van der Waals surface area contributed by atoms with Crippen molar-refractivity contribution in [1.82, 2.24) is 9.88 Å². The van der Waals surface area contributed by atoms with Crippen molar-refractivity contribution in [3.05, 3.63) is 59.4 Å². The first-order chi connectivity index (χ1) is 13.1. The van der Waals surface area contributed by atoms with Crippen LogP contribution in [-0.2, 0) is 4.79 Å². The van der Waals surface area contributed by atoms with E-state index in [-0.39, 0.29) is 17.6 Å². The van der Waals surface area contributed by atoms with Crippen molar-refractivity contribution in [2.45, 2.75) is 31.8 Å². The highest BCUT2D eigenvalue weighted by Gasteiger charge is 2.30. The molecule has 0 bridgehead atoms. The number of aromatic nitrogens is 1. The van der Waals surface area contributed by atoms with E-state index in [1.165, 1.54) is 16.8 Å². The number of hydrogen-bond acceptors (Lipinski definition) is 4. The van der Waals surface area contributed by atoms with Gasteiger partial charge < -0.3 is 9.64 Å². The van der Waals surface area contributed by atoms with E-state index in [4.69, 9.17) is 9.72 Å². The van der Waals surface area contributed by atoms with Crippen molar-refractivity contribution >= 4 is 27.5 Å². The molecule has 1 saturated heterocycles. The van der Waals surface area contributed by atoms with Crippen molar-refractivity contribution in [3.8, 4) is 5.75 Å². The van der Waals surface area contributed by atoms with E-state index in [1.54, 1.807) is 30.4 Å². The number of amides is 1. The first kappa shape index (κ1) is 17.9. The SMILES string of the molecule is C[C@H](Oc1ccc(F)cc1)C(=O)N1CCC[C@@H](c2nc3ccccc3s2)C1. The van der Waals surface area contributed by atoms with Crippen LogP contribution in [0.1, 0.15) is 30.7 Å². The minimum atomic E-state index is -0.607. The van der Waals surface area contributed by atoms with Gasteiger partial charge in [0.25, 0.3) is 5.91 Å². The molecular weight excluding hydrogens is 363 g/mol. The number of carbonyl (C=O) groups excluding carboxylic acids is 1. The number of thiazole rings is 1. The molecule has 1 aliphatic heterocycles. The Hall–Kier alpha value is -2.47. The number of ether oxygens (including phenoxy) is 1. The number of halogens is 1. The molecule has 1 amide bonds. The Morgan fingerprint density at radius 3 is 2.81 bits per heavy atom. The molecule has 0 radical (unpaired) electrons. The average Bonchev–Trinajstić information content (AvgIpc) is 3.13. The maximum atomic E-state index is 13.0. The fraction of sp³-hybridized carbons (Fsp3) is 0.333. The molecule has 140 valence electrons. The summed E-state index contributed by atoms with van der Waals surface area (Å²) in [7, 11) is 0. The van der Waals surface area contributed by atoms with Crippen LogP contribution in [0.5, 0.6) is 5.75 Å². The number of hydrogen-bond donors (Lipinski definition) is 0. The second-order valence-electron chi connectivity index (χ2n) is 6.86. The quantitative estimate of drug-likeness (QED) is 0.660. The summed E-state index contributed by atoms with van der Waals surface area (Å²) in [6.45, 7) is 3.14. The zero-order valence-corrected chi connectivity index (χ0v) is 15.9. The van der Waals surface area contributed by atoms with E-state index >= 15 is 0 Å². The smallest absolute Gasteiger partial charge is 0.263 e. The zero-order valence-electron chi connectivity index (χ0n) is 15.1. The molecule has 27 heavy (non-hydrogen) atoms. The van der Waals surface area contributed by atoms with Crippen molar-refractivity contribution in [2.24, 2.45) is 0 Å². The van der Waals surface area contributed by atoms with Crippen LogP contribution in [0.25, 0.3) is 10.2 Å². The van der Waals surface area contributed by atoms with Crippen LogP contribution in [-0.4, -0.2) is 35.0 Å². The summed E-state index contributed by atoms with van der Waals surface area (Å²) in [6, 6.07) is 13.9. The van der Waals surface area contributed by atoms with Gasteiger partial charge in [0.15, 0.2) is 6.10 Å². The van der Waals surface area contributed by atoms with Gasteiger partial charge in [0.2, 0.25) is 0 Å². The lowest BCUT2D eigenvalue weighted by atomic mass is 9.98. The van der Waals surface area contributed by atoms with Gasteiger partial charge in [-0.25, -0.2) is 9.37 Å². The highest BCUT2D eigenvalue weighted by molar-refractivity contribution is 7.18. The average molecular weight is 384 g/mol. The lowest BCUT2D eigenvalue weighted by Crippen LogP contribution is -2.45. The Morgan fingerprint density at radius 1 is 1.26 bits per heavy atom. The summed E-state index contributed by atoms with van der Waals surface area (Å²) in [5.74, 6) is 0.399. The lowest BCUT2D eigenvalue weighted by Gasteiger charge is -2.33. The molecule has 2 aromatic carbocycles. The van der Waals surface area contributed by atoms with Crippen LogP contribution in [0.15, 0.2) is 48.5 Å². The van der Waals surface area contributed by atoms with Crippen molar-refractivity contribution in [3.63, 3.8) is 0 Å². The minimum absolute atomic E-state index is 0.0369. The van der Waals surface area contributed by atoms with Gasteiger partial charge in [-0.1, -0.05) is 12.1 Å². The van der Waals surface area contributed by atoms with Gasteiger partial charge >= 0.3 is 0 Å². The molecular formula is C21H21FN2O2S. The van der Waals surface area contributed by atoms with E-state index < -0.39 is 6.10 Å². The molecule has 3 aromatic rings. The summed E-state index contributed by atoms with van der Waals surface area (Å²) < 4.78 is 19.9. The predicted octanol–water partition coefficient (Wildman–Crippen LogP) is 4.61. The van der Waals surface area contributed by atoms with E-state index in [2.05, 4.69) is 6.07 Å². The van der Waals surface area contributed by atoms with E-state index in [0.717, 1.165) is 29.9 Å². The topological polar surface area (TPSA) is 42.4 Å². The number of para-hydroxylation sites is 1. The second kappa shape index (κ2) is 7.64. The number of fused-ring (bicyclic) bond motifs is 1. The molecule has 2 atom stereocenters. The fourth-order valence-corrected chi connectivity index (χ4v) is 4.56. The molecule has 0 aliphatic carbocycles. The Morgan fingerprint density at radius 2 is 2.04 bits per heavy atom. The van der Waals surface area contributed by atoms with Crippen LogP contribution in [0.4, 0.5) is 4.39 Å². The monoisotopic (exact) mass is 384 g/mol. The van der Waals surface area contributed by atoms with Gasteiger partial charge in [-0.05, 0) is 56.2 Å². The van der Waals surface area contributed by atoms with Crippen molar-refractivity contribution < 1.29 is 13.9 Å². The molecule has 0 unspecified atom stereocenters. The number of piperidine rings is 1. The Kier molecular flexibility index (Phi) is 5.07. The van der Waals surface area contributed by atoms with Crippen LogP contribution < -0.4 is 4.74 Å². The van der Waals surface area contributed by atoms with Crippen molar-refractivity contribution in [2.75, 3.05) is 13.1 Å². The van der Waals surface area contributed by atoms with Gasteiger partial charge in [0.05, 0.1) is 15.2 Å². The maximum Gasteiger partial charge on any atom is 0.263 e. The van der Waals surface area contributed by atoms with Crippen LogP contribution >= 0.6 is 11.3 Å². The Labute approximate surface area is 161 Å². The van der Waals surface area contributed by atoms with Gasteiger partial charge in [-0.15, -0.1) is 11.3 Å². The largest absolute Gasteiger partial charge is 0.481 e. The van der Waals surface area contributed by atoms with E-state index in [9.17, 15) is 9.18 Å². The summed E-state index contributed by atoms with van der Waals surface area (Å²) in [5, 5.41) is 1.10. The minimum Gasteiger partial charge on any atom is -0.481 e. The third-order valence-corrected chi connectivity index (χ3v) is 6.07. The standard InChI is InChI=1S/C21H21FN2O2S/c1-14(26-17-10-8-16(22)9-11-17)21(25)24-12-4-5-15(13-24)20-23-18-6-2-3-7-19(18)27-20/h2-3,6-11,14-15H,4-5,12-13H2,1H3/t14-,15+/m0/s1. The highest BCUT2D eigenvalue weighted by atomic mass is 32.1. The third-order valence-electron chi connectivity index (χ3n) is 4.87. The maximum absolute atomic E-state index is 13.0. The molecule has 2 heterocycles. The number of rotatable bonds is 4. The lowest BCUT2D eigenvalue weighted by molar-refractivity contribution is -0.139. The Bertz CT molecular complexity index is 908. The first-order valence-electron chi connectivity index (χ1n) is 9.16. The van der Waals surface area contributed by atoms with Gasteiger partial charge in [-0.3, -0.25) is 4.79 Å². The van der Waals surface area contributed by atoms with Crippen LogP contribution in [0.2, 0.25) is 0 Å². The fourth-order valence-electron chi connectivity index (χ4n) is 3.47. The molecule has 0 N–H and O–H groups in total. The summed E-state index contributed by atoms with van der Waals surface area (Å²) in [6.07, 6.45) is 1.39. The molecule has 1 aromatic heterocycles. The summed E-state index contributed by atoms with van der Waals surface area (Å²) in [4.78, 5) is 19.5. The molecule has 4 rings (SSSR count). The zero-order chi connectivity index (χ0) is 18.8. The van der Waals surface area contributed by atoms with Gasteiger partial charge in [0.1, 0.15) is 11.6 Å². The van der Waals surface area contributed by atoms with Crippen LogP contribution in [0, 0.1) is 5.82 Å². The number of carbonyl (C=O) groups is 1. The predicted molar refractivity (Wildman–Crippen MR) is 105 cm³/mol. The Balaban J connectivity index is 1.43. The molecule has 1 aliphatic rings.